The third-order valence-electron chi connectivity index (χ3n) is 28.9. The quantitative estimate of drug-likeness (QED) is 0.0375. The Morgan fingerprint density at radius 1 is 0.224 bits per heavy atom. The molecule has 0 N–H and O–H groups in total. The molecule has 2 aliphatic rings. The van der Waals surface area contributed by atoms with Crippen molar-refractivity contribution < 1.29 is 38.1 Å². The number of hydrogen-bond donors (Lipinski definition) is 0. The van der Waals surface area contributed by atoms with Crippen LogP contribution in [0.15, 0.2) is 206 Å². The van der Waals surface area contributed by atoms with Crippen molar-refractivity contribution >= 4 is 143 Å². The molecule has 0 saturated heterocycles. The number of hydrogen-bond acceptors (Lipinski definition) is 8. The van der Waals surface area contributed by atoms with Gasteiger partial charge in [-0.05, 0) is 275 Å². The number of ether oxygens (including phenoxy) is 4. The lowest BCUT2D eigenvalue weighted by atomic mass is 9.72. The summed E-state index contributed by atoms with van der Waals surface area (Å²) in [5.74, 6) is 2.33. The highest BCUT2D eigenvalue weighted by molar-refractivity contribution is 6.51. The molecule has 0 unspecified atom stereocenters. The smallest absolute Gasteiger partial charge is 0.266 e. The summed E-state index contributed by atoms with van der Waals surface area (Å²) >= 11 is 0. The van der Waals surface area contributed by atoms with Crippen LogP contribution in [0, 0.1) is 21.7 Å². The van der Waals surface area contributed by atoms with Crippen molar-refractivity contribution in [2.45, 2.75) is 265 Å². The van der Waals surface area contributed by atoms with Crippen LogP contribution in [0.2, 0.25) is 0 Å². The standard InChI is InChI=1S/C124H130N2O8/c1-67(2)79-31-29-32-80(68(3)4)111(79)125-113(127)91-59-95(131-75-43-35-71(36-44-75)121(21,22)63-117(9,10)11)105-87-55-51-83-85-53-57-89-102-90(58-54-86(100(85)102)84-52-56-88(101(87)99(83)84)106-96(60-92(114(125)128)103(91)109(105)106)132-76-45-37-72(38-46-76)122(23,24)64-118(12,13)14)108-98(134-78-49-41-74(42-50-78)124(27,28)66-120(18,19)20)62-94-104-93(115(129)126(116(94)130)112-81(69(5)6)33-30-34-82(112)70(7)8)61-97(107(89)110(104)108)133-77-47-39-73(40-48-77)123(25,26)65-119(15,16)17/h29-62,67-70H,63-66H2,1-28H3. The van der Waals surface area contributed by atoms with Gasteiger partial charge in [0.2, 0.25) is 0 Å². The van der Waals surface area contributed by atoms with E-state index in [-0.39, 0.29) is 67.0 Å². The fraction of sp³-hybridized carbons (Fsp3) is 0.355. The Morgan fingerprint density at radius 2 is 0.410 bits per heavy atom. The van der Waals surface area contributed by atoms with Gasteiger partial charge in [-0.2, -0.15) is 0 Å². The molecule has 0 aromatic heterocycles. The second-order valence-electron chi connectivity index (χ2n) is 47.9. The molecule has 10 nitrogen and oxygen atoms in total. The molecule has 10 heteroatoms. The Labute approximate surface area is 791 Å². The van der Waals surface area contributed by atoms with Crippen LogP contribution in [-0.4, -0.2) is 23.6 Å². The number of anilines is 2. The average Bonchev–Trinajstić information content (AvgIpc) is 0.734. The highest BCUT2D eigenvalue weighted by Gasteiger charge is 2.45. The van der Waals surface area contributed by atoms with Crippen molar-refractivity contribution in [3.8, 4) is 46.0 Å². The fourth-order valence-electron chi connectivity index (χ4n) is 24.7. The Morgan fingerprint density at radius 3 is 0.597 bits per heavy atom. The summed E-state index contributed by atoms with van der Waals surface area (Å²) in [6, 6.07) is 71.8. The summed E-state index contributed by atoms with van der Waals surface area (Å²) in [5.41, 5.74) is 10.5. The minimum Gasteiger partial charge on any atom is -0.457 e. The lowest BCUT2D eigenvalue weighted by Crippen LogP contribution is -2.42. The summed E-state index contributed by atoms with van der Waals surface area (Å²) in [7, 11) is 0. The summed E-state index contributed by atoms with van der Waals surface area (Å²) in [6.45, 7) is 62.8. The zero-order chi connectivity index (χ0) is 95.7. The first-order valence-corrected chi connectivity index (χ1v) is 48.6. The van der Waals surface area contributed by atoms with Crippen molar-refractivity contribution in [3.05, 3.63) is 273 Å². The fourth-order valence-corrected chi connectivity index (χ4v) is 24.7. The van der Waals surface area contributed by atoms with Gasteiger partial charge in [0, 0.05) is 43.1 Å². The topological polar surface area (TPSA) is 112 Å². The highest BCUT2D eigenvalue weighted by atomic mass is 16.5. The van der Waals surface area contributed by atoms with E-state index in [1.54, 1.807) is 0 Å². The van der Waals surface area contributed by atoms with Crippen LogP contribution >= 0.6 is 0 Å². The van der Waals surface area contributed by atoms with Crippen molar-refractivity contribution in [1.82, 2.24) is 0 Å². The number of benzene rings is 17. The summed E-state index contributed by atoms with van der Waals surface area (Å²) in [4.78, 5) is 69.4. The van der Waals surface area contributed by atoms with E-state index in [1.807, 2.05) is 36.4 Å². The summed E-state index contributed by atoms with van der Waals surface area (Å²) in [6.07, 6.45) is 3.81. The first-order chi connectivity index (χ1) is 62.9. The monoisotopic (exact) mass is 1770 g/mol. The van der Waals surface area contributed by atoms with Crippen LogP contribution in [0.5, 0.6) is 46.0 Å². The first-order valence-electron chi connectivity index (χ1n) is 48.6. The van der Waals surface area contributed by atoms with E-state index in [0.29, 0.717) is 101 Å². The number of nitrogens with zero attached hydrogens (tertiary/aromatic N) is 2. The molecule has 0 spiro atoms. The predicted octanol–water partition coefficient (Wildman–Crippen LogP) is 35.7. The lowest BCUT2D eigenvalue weighted by Gasteiger charge is -2.34. The third-order valence-corrected chi connectivity index (χ3v) is 28.9. The molecule has 134 heavy (non-hydrogen) atoms. The van der Waals surface area contributed by atoms with E-state index < -0.39 is 23.6 Å². The maximum absolute atomic E-state index is 16.6. The molecule has 0 aliphatic carbocycles. The largest absolute Gasteiger partial charge is 0.457 e. The number of amides is 4. The molecule has 17 aromatic carbocycles. The average molecular weight is 1780 g/mol. The molecule has 0 fully saturated rings. The van der Waals surface area contributed by atoms with E-state index in [1.165, 1.54) is 32.1 Å². The first kappa shape index (κ1) is 90.8. The van der Waals surface area contributed by atoms with E-state index in [2.05, 4.69) is 364 Å². The minimum atomic E-state index is -0.430. The van der Waals surface area contributed by atoms with E-state index in [4.69, 9.17) is 18.9 Å². The zero-order valence-electron chi connectivity index (χ0n) is 83.9. The Balaban J connectivity index is 0.918. The highest BCUT2D eigenvalue weighted by Crippen LogP contribution is 2.60. The van der Waals surface area contributed by atoms with Crippen LogP contribution in [0.3, 0.4) is 0 Å². The molecule has 0 saturated carbocycles. The normalized spacial score (nSPS) is 14.2. The molecule has 19 rings (SSSR count). The summed E-state index contributed by atoms with van der Waals surface area (Å²) in [5, 5.41) is 16.8. The van der Waals surface area contributed by atoms with Crippen LogP contribution in [0.1, 0.15) is 329 Å². The van der Waals surface area contributed by atoms with Crippen molar-refractivity contribution in [3.63, 3.8) is 0 Å². The zero-order valence-corrected chi connectivity index (χ0v) is 83.9. The van der Waals surface area contributed by atoms with Gasteiger partial charge in [0.05, 0.1) is 33.6 Å². The molecule has 0 atom stereocenters. The number of imide groups is 2. The lowest BCUT2D eigenvalue weighted by molar-refractivity contribution is 0.0877. The third kappa shape index (κ3) is 15.3. The van der Waals surface area contributed by atoms with E-state index in [0.717, 1.165) is 134 Å². The maximum atomic E-state index is 16.6. The molecular weight excluding hydrogens is 1650 g/mol. The van der Waals surface area contributed by atoms with Gasteiger partial charge in [-0.25, -0.2) is 9.80 Å². The number of para-hydroxylation sites is 2. The van der Waals surface area contributed by atoms with Gasteiger partial charge in [-0.15, -0.1) is 0 Å². The van der Waals surface area contributed by atoms with Gasteiger partial charge in [0.25, 0.3) is 23.6 Å². The molecule has 0 bridgehead atoms. The molecule has 2 heterocycles. The number of fused-ring (bicyclic) bond motifs is 6. The minimum absolute atomic E-state index is 0.0420. The van der Waals surface area contributed by atoms with Crippen LogP contribution in [-0.2, 0) is 21.7 Å². The van der Waals surface area contributed by atoms with Gasteiger partial charge < -0.3 is 18.9 Å². The van der Waals surface area contributed by atoms with E-state index >= 15 is 19.2 Å². The Bertz CT molecular complexity index is 6810. The van der Waals surface area contributed by atoms with Crippen LogP contribution < -0.4 is 28.7 Å². The molecule has 17 aromatic rings. The van der Waals surface area contributed by atoms with Gasteiger partial charge in [0.1, 0.15) is 46.0 Å². The van der Waals surface area contributed by atoms with E-state index in [9.17, 15) is 0 Å². The second kappa shape index (κ2) is 31.6. The van der Waals surface area contributed by atoms with Gasteiger partial charge in [-0.1, -0.05) is 327 Å². The molecule has 0 radical (unpaired) electrons. The number of rotatable bonds is 22. The number of carbonyl (C=O) groups is 4. The predicted molar refractivity (Wildman–Crippen MR) is 561 cm³/mol. The Kier molecular flexibility index (Phi) is 21.4. The number of carbonyl (C=O) groups excluding carboxylic acids is 4. The van der Waals surface area contributed by atoms with Gasteiger partial charge in [0.15, 0.2) is 0 Å². The van der Waals surface area contributed by atoms with Crippen molar-refractivity contribution in [2.75, 3.05) is 9.80 Å². The summed E-state index contributed by atoms with van der Waals surface area (Å²) < 4.78 is 30.4. The van der Waals surface area contributed by atoms with Gasteiger partial charge >= 0.3 is 0 Å². The molecule has 2 aliphatic heterocycles. The molecular formula is C124H130N2O8. The Hall–Kier alpha value is -12.4. The van der Waals surface area contributed by atoms with Crippen LogP contribution in [0.25, 0.3) is 108 Å². The van der Waals surface area contributed by atoms with Gasteiger partial charge in [-0.3, -0.25) is 19.2 Å². The SMILES string of the molecule is CC(C)c1cccc(C(C)C)c1N1C(=O)c2cc(Oc3ccc(C(C)(C)CC(C)(C)C)cc3)c3c4ccc5c6ccc7c8c(Oc9ccc(C(C)(C)CC(C)(C)C)cc9)cc9c%10c(cc(Oc%11ccc(C(C)(C)CC(C)(C)C)cc%11)c(c%11ccc(c%12ccc(c%13c(Oc%14ccc(C(C)(C)CC(C)(C)C)cc%14)cc(c2c3%13)C1=O)c4c5%12)c6c7%11)c%108)C(=O)N(c1c(C(C)C)cccc1C(C)C)C9=O. The van der Waals surface area contributed by atoms with Crippen molar-refractivity contribution in [2.24, 2.45) is 21.7 Å². The molecule has 684 valence electrons. The van der Waals surface area contributed by atoms with Crippen LogP contribution in [0.4, 0.5) is 11.4 Å². The molecule has 4 amide bonds. The van der Waals surface area contributed by atoms with Crippen molar-refractivity contribution in [1.29, 1.82) is 0 Å². The maximum Gasteiger partial charge on any atom is 0.266 e. The second-order valence-corrected chi connectivity index (χ2v) is 47.9.